The fourth-order valence-electron chi connectivity index (χ4n) is 2.66. The molecule has 144 valence electrons. The summed E-state index contributed by atoms with van der Waals surface area (Å²) < 4.78 is 0. The van der Waals surface area contributed by atoms with E-state index in [-0.39, 0.29) is 35.8 Å². The molecule has 1 aliphatic rings. The third-order valence-electron chi connectivity index (χ3n) is 3.94. The molecule has 0 fully saturated rings. The summed E-state index contributed by atoms with van der Waals surface area (Å²) in [5.74, 6) is 0.974. The van der Waals surface area contributed by atoms with Crippen LogP contribution in [0.3, 0.4) is 0 Å². The van der Waals surface area contributed by atoms with Gasteiger partial charge in [0, 0.05) is 26.2 Å². The number of fused-ring (bicyclic) bond motifs is 1. The van der Waals surface area contributed by atoms with Crippen LogP contribution in [0.1, 0.15) is 54.3 Å². The molecular formula is C19H29IN4O2. The number of carbonyl (C=O) groups excluding carboxylic acids is 2. The summed E-state index contributed by atoms with van der Waals surface area (Å²) >= 11 is 0. The lowest BCUT2D eigenvalue weighted by Gasteiger charge is -2.15. The average Bonchev–Trinajstić information content (AvgIpc) is 2.84. The number of aliphatic imine (C=N–C) groups is 1. The molecule has 2 rings (SSSR count). The van der Waals surface area contributed by atoms with Gasteiger partial charge in [0.1, 0.15) is 0 Å². The molecule has 1 aromatic carbocycles. The van der Waals surface area contributed by atoms with Gasteiger partial charge < -0.3 is 10.6 Å². The van der Waals surface area contributed by atoms with Gasteiger partial charge in [-0.2, -0.15) is 0 Å². The number of rotatable bonds is 8. The monoisotopic (exact) mass is 472 g/mol. The molecule has 2 N–H and O–H groups in total. The quantitative estimate of drug-likeness (QED) is 0.201. The number of nitrogens with one attached hydrogen (secondary N) is 2. The summed E-state index contributed by atoms with van der Waals surface area (Å²) in [5.41, 5.74) is 1.03. The lowest BCUT2D eigenvalue weighted by atomic mass is 10.1. The highest BCUT2D eigenvalue weighted by atomic mass is 127. The highest BCUT2D eigenvalue weighted by Crippen LogP contribution is 2.22. The number of imide groups is 1. The molecule has 6 nitrogen and oxygen atoms in total. The van der Waals surface area contributed by atoms with Crippen molar-refractivity contribution in [2.45, 2.75) is 33.6 Å². The molecule has 0 unspecified atom stereocenters. The minimum Gasteiger partial charge on any atom is -0.357 e. The molecule has 2 amide bonds. The SMILES string of the molecule is CCNC(=NCC(C)C)NCCCCN1C(=O)c2ccccc2C1=O.I. The first-order chi connectivity index (χ1) is 12.0. The van der Waals surface area contributed by atoms with Gasteiger partial charge >= 0.3 is 0 Å². The first-order valence-corrected chi connectivity index (χ1v) is 9.02. The maximum absolute atomic E-state index is 12.3. The van der Waals surface area contributed by atoms with Crippen LogP contribution in [0.2, 0.25) is 0 Å². The third kappa shape index (κ3) is 5.96. The Balaban J connectivity index is 0.00000338. The lowest BCUT2D eigenvalue weighted by molar-refractivity contribution is 0.0652. The Morgan fingerprint density at radius 3 is 2.23 bits per heavy atom. The maximum Gasteiger partial charge on any atom is 0.261 e. The number of nitrogens with zero attached hydrogens (tertiary/aromatic N) is 2. The van der Waals surface area contributed by atoms with Gasteiger partial charge in [-0.15, -0.1) is 24.0 Å². The second-order valence-electron chi connectivity index (χ2n) is 6.55. The zero-order chi connectivity index (χ0) is 18.2. The number of hydrogen-bond acceptors (Lipinski definition) is 3. The van der Waals surface area contributed by atoms with E-state index in [4.69, 9.17) is 0 Å². The molecule has 26 heavy (non-hydrogen) atoms. The number of carbonyl (C=O) groups is 2. The van der Waals surface area contributed by atoms with Crippen molar-refractivity contribution >= 4 is 41.8 Å². The van der Waals surface area contributed by atoms with Crippen LogP contribution in [0.15, 0.2) is 29.3 Å². The number of benzene rings is 1. The molecule has 0 aliphatic carbocycles. The Hall–Kier alpha value is -1.64. The fourth-order valence-corrected chi connectivity index (χ4v) is 2.66. The molecule has 7 heteroatoms. The van der Waals surface area contributed by atoms with Crippen molar-refractivity contribution in [1.82, 2.24) is 15.5 Å². The Labute approximate surface area is 172 Å². The molecule has 0 radical (unpaired) electrons. The van der Waals surface area contributed by atoms with Crippen LogP contribution in [0.25, 0.3) is 0 Å². The van der Waals surface area contributed by atoms with Crippen LogP contribution in [-0.2, 0) is 0 Å². The van der Waals surface area contributed by atoms with Gasteiger partial charge in [0.15, 0.2) is 5.96 Å². The van der Waals surface area contributed by atoms with Gasteiger partial charge in [-0.1, -0.05) is 26.0 Å². The van der Waals surface area contributed by atoms with E-state index in [0.29, 0.717) is 23.6 Å². The van der Waals surface area contributed by atoms with Gasteiger partial charge in [-0.3, -0.25) is 19.5 Å². The van der Waals surface area contributed by atoms with E-state index in [9.17, 15) is 9.59 Å². The molecule has 1 aromatic rings. The summed E-state index contributed by atoms with van der Waals surface area (Å²) in [7, 11) is 0. The molecule has 1 heterocycles. The van der Waals surface area contributed by atoms with E-state index >= 15 is 0 Å². The topological polar surface area (TPSA) is 73.8 Å². The molecule has 0 atom stereocenters. The maximum atomic E-state index is 12.3. The van der Waals surface area contributed by atoms with Crippen molar-refractivity contribution in [2.75, 3.05) is 26.2 Å². The largest absolute Gasteiger partial charge is 0.357 e. The Morgan fingerprint density at radius 2 is 1.69 bits per heavy atom. The van der Waals surface area contributed by atoms with Crippen LogP contribution >= 0.6 is 24.0 Å². The molecule has 0 bridgehead atoms. The molecule has 0 aromatic heterocycles. The molecular weight excluding hydrogens is 443 g/mol. The number of hydrogen-bond donors (Lipinski definition) is 2. The van der Waals surface area contributed by atoms with Crippen molar-refractivity contribution < 1.29 is 9.59 Å². The summed E-state index contributed by atoms with van der Waals surface area (Å²) in [4.78, 5) is 30.4. The van der Waals surface area contributed by atoms with Crippen molar-refractivity contribution in [3.05, 3.63) is 35.4 Å². The Kier molecular flexibility index (Phi) is 9.61. The minimum atomic E-state index is -0.180. The summed E-state index contributed by atoms with van der Waals surface area (Å²) in [6.45, 7) is 9.11. The predicted molar refractivity (Wildman–Crippen MR) is 115 cm³/mol. The standard InChI is InChI=1S/C19H28N4O2.HI/c1-4-20-19(22-13-14(2)3)21-11-7-8-12-23-17(24)15-9-5-6-10-16(15)18(23)25;/h5-6,9-10,14H,4,7-8,11-13H2,1-3H3,(H2,20,21,22);1H. The number of amides is 2. The Bertz CT molecular complexity index is 611. The van der Waals surface area contributed by atoms with Crippen LogP contribution in [0, 0.1) is 5.92 Å². The van der Waals surface area contributed by atoms with Crippen molar-refractivity contribution in [1.29, 1.82) is 0 Å². The molecule has 0 spiro atoms. The lowest BCUT2D eigenvalue weighted by Crippen LogP contribution is -2.38. The molecule has 1 aliphatic heterocycles. The zero-order valence-corrected chi connectivity index (χ0v) is 18.1. The van der Waals surface area contributed by atoms with E-state index in [0.717, 1.165) is 38.4 Å². The van der Waals surface area contributed by atoms with Gasteiger partial charge in [0.2, 0.25) is 0 Å². The van der Waals surface area contributed by atoms with E-state index in [1.54, 1.807) is 24.3 Å². The summed E-state index contributed by atoms with van der Waals surface area (Å²) in [6, 6.07) is 7.00. The first-order valence-electron chi connectivity index (χ1n) is 9.02. The van der Waals surface area contributed by atoms with Crippen molar-refractivity contribution in [2.24, 2.45) is 10.9 Å². The van der Waals surface area contributed by atoms with Gasteiger partial charge in [-0.05, 0) is 37.8 Å². The molecule has 0 saturated carbocycles. The minimum absolute atomic E-state index is 0. The Morgan fingerprint density at radius 1 is 1.08 bits per heavy atom. The third-order valence-corrected chi connectivity index (χ3v) is 3.94. The average molecular weight is 472 g/mol. The van der Waals surface area contributed by atoms with Gasteiger partial charge in [0.05, 0.1) is 11.1 Å². The second kappa shape index (κ2) is 11.2. The zero-order valence-electron chi connectivity index (χ0n) is 15.7. The number of guanidine groups is 1. The highest BCUT2D eigenvalue weighted by Gasteiger charge is 2.34. The first kappa shape index (κ1) is 22.4. The van der Waals surface area contributed by atoms with Crippen molar-refractivity contribution in [3.63, 3.8) is 0 Å². The summed E-state index contributed by atoms with van der Waals surface area (Å²) in [6.07, 6.45) is 1.63. The second-order valence-corrected chi connectivity index (χ2v) is 6.55. The smallest absolute Gasteiger partial charge is 0.261 e. The van der Waals surface area contributed by atoms with E-state index in [1.165, 1.54) is 4.90 Å². The fraction of sp³-hybridized carbons (Fsp3) is 0.526. The van der Waals surface area contributed by atoms with Gasteiger partial charge in [0.25, 0.3) is 11.8 Å². The van der Waals surface area contributed by atoms with Crippen LogP contribution < -0.4 is 10.6 Å². The normalized spacial score (nSPS) is 13.7. The molecule has 0 saturated heterocycles. The van der Waals surface area contributed by atoms with E-state index in [2.05, 4.69) is 29.5 Å². The predicted octanol–water partition coefficient (Wildman–Crippen LogP) is 2.89. The van der Waals surface area contributed by atoms with E-state index in [1.807, 2.05) is 6.92 Å². The number of halogens is 1. The van der Waals surface area contributed by atoms with E-state index < -0.39 is 0 Å². The highest BCUT2D eigenvalue weighted by molar-refractivity contribution is 14.0. The van der Waals surface area contributed by atoms with Gasteiger partial charge in [-0.25, -0.2) is 0 Å². The van der Waals surface area contributed by atoms with Crippen LogP contribution in [-0.4, -0.2) is 48.9 Å². The van der Waals surface area contributed by atoms with Crippen LogP contribution in [0.4, 0.5) is 0 Å². The summed E-state index contributed by atoms with van der Waals surface area (Å²) in [5, 5.41) is 6.51. The van der Waals surface area contributed by atoms with Crippen molar-refractivity contribution in [3.8, 4) is 0 Å². The van der Waals surface area contributed by atoms with Crippen LogP contribution in [0.5, 0.6) is 0 Å². The number of unbranched alkanes of at least 4 members (excludes halogenated alkanes) is 1.